The summed E-state index contributed by atoms with van der Waals surface area (Å²) in [7, 11) is 0. The lowest BCUT2D eigenvalue weighted by Crippen LogP contribution is -2.46. The Morgan fingerprint density at radius 1 is 1.26 bits per heavy atom. The van der Waals surface area contributed by atoms with E-state index in [0.717, 1.165) is 26.1 Å². The van der Waals surface area contributed by atoms with Crippen molar-refractivity contribution in [3.05, 3.63) is 0 Å². The number of nitrogens with zero attached hydrogens (tertiary/aromatic N) is 2. The molecule has 0 bridgehead atoms. The second-order valence-corrected chi connectivity index (χ2v) is 6.09. The Bertz CT molecular complexity index is 342. The first-order chi connectivity index (χ1) is 9.04. The molecule has 1 heterocycles. The zero-order chi connectivity index (χ0) is 13.8. The van der Waals surface area contributed by atoms with E-state index in [1.165, 1.54) is 19.3 Å². The third-order valence-electron chi connectivity index (χ3n) is 3.94. The van der Waals surface area contributed by atoms with Crippen molar-refractivity contribution in [1.29, 1.82) is 0 Å². The van der Waals surface area contributed by atoms with Gasteiger partial charge in [-0.05, 0) is 37.5 Å². The van der Waals surface area contributed by atoms with Gasteiger partial charge in [-0.1, -0.05) is 6.92 Å². The van der Waals surface area contributed by atoms with Crippen LogP contribution in [0.1, 0.15) is 32.6 Å². The summed E-state index contributed by atoms with van der Waals surface area (Å²) in [4.78, 5) is 26.8. The average molecular weight is 268 g/mol. The van der Waals surface area contributed by atoms with Gasteiger partial charge in [0, 0.05) is 19.6 Å². The molecule has 0 aromatic heterocycles. The van der Waals surface area contributed by atoms with Crippen LogP contribution in [0.15, 0.2) is 0 Å². The number of amides is 1. The molecule has 1 aliphatic carbocycles. The van der Waals surface area contributed by atoms with Crippen molar-refractivity contribution in [2.24, 2.45) is 11.8 Å². The third kappa shape index (κ3) is 4.82. The quantitative estimate of drug-likeness (QED) is 0.782. The number of hydrogen-bond donors (Lipinski definition) is 1. The van der Waals surface area contributed by atoms with Crippen molar-refractivity contribution in [3.8, 4) is 0 Å². The molecule has 1 aliphatic heterocycles. The monoisotopic (exact) mass is 268 g/mol. The van der Waals surface area contributed by atoms with Gasteiger partial charge in [-0.2, -0.15) is 0 Å². The summed E-state index contributed by atoms with van der Waals surface area (Å²) in [6, 6.07) is 0. The fourth-order valence-electron chi connectivity index (χ4n) is 2.75. The fourth-order valence-corrected chi connectivity index (χ4v) is 2.75. The number of rotatable bonds is 6. The number of carboxylic acid groups (broad SMARTS) is 1. The number of carbonyl (C=O) groups excluding carboxylic acids is 1. The SMILES string of the molecule is CC1CCCN(C(=O)CN(CC(=O)O)CC2CC2)C1. The van der Waals surface area contributed by atoms with E-state index in [2.05, 4.69) is 6.92 Å². The summed E-state index contributed by atoms with van der Waals surface area (Å²) in [5.41, 5.74) is 0. The number of carbonyl (C=O) groups is 2. The third-order valence-corrected chi connectivity index (χ3v) is 3.94. The maximum absolute atomic E-state index is 12.2. The molecule has 1 amide bonds. The highest BCUT2D eigenvalue weighted by Crippen LogP contribution is 2.29. The van der Waals surface area contributed by atoms with Crippen molar-refractivity contribution < 1.29 is 14.7 Å². The Morgan fingerprint density at radius 3 is 2.58 bits per heavy atom. The van der Waals surface area contributed by atoms with Crippen LogP contribution < -0.4 is 0 Å². The van der Waals surface area contributed by atoms with Gasteiger partial charge in [-0.25, -0.2) is 0 Å². The number of aliphatic carboxylic acids is 1. The minimum absolute atomic E-state index is 0.0222. The predicted molar refractivity (Wildman–Crippen MR) is 71.8 cm³/mol. The fraction of sp³-hybridized carbons (Fsp3) is 0.857. The highest BCUT2D eigenvalue weighted by Gasteiger charge is 2.28. The second kappa shape index (κ2) is 6.37. The van der Waals surface area contributed by atoms with Gasteiger partial charge in [0.2, 0.25) is 5.91 Å². The van der Waals surface area contributed by atoms with Crippen LogP contribution in [0.4, 0.5) is 0 Å². The Balaban J connectivity index is 1.83. The van der Waals surface area contributed by atoms with E-state index in [1.54, 1.807) is 4.90 Å². The molecule has 0 aromatic carbocycles. The standard InChI is InChI=1S/C14H24N2O3/c1-11-3-2-6-16(7-11)13(17)9-15(10-14(18)19)8-12-4-5-12/h11-12H,2-10H2,1H3,(H,18,19). The summed E-state index contributed by atoms with van der Waals surface area (Å²) in [6.07, 6.45) is 4.59. The van der Waals surface area contributed by atoms with E-state index in [-0.39, 0.29) is 19.0 Å². The van der Waals surface area contributed by atoms with Gasteiger partial charge in [0.05, 0.1) is 13.1 Å². The predicted octanol–water partition coefficient (Wildman–Crippen LogP) is 1.04. The van der Waals surface area contributed by atoms with Crippen LogP contribution in [0.2, 0.25) is 0 Å². The van der Waals surface area contributed by atoms with E-state index < -0.39 is 5.97 Å². The molecule has 1 unspecified atom stereocenters. The normalized spacial score (nSPS) is 23.7. The lowest BCUT2D eigenvalue weighted by Gasteiger charge is -2.32. The van der Waals surface area contributed by atoms with E-state index in [0.29, 0.717) is 11.8 Å². The Kier molecular flexibility index (Phi) is 4.80. The van der Waals surface area contributed by atoms with Crippen LogP contribution >= 0.6 is 0 Å². The Morgan fingerprint density at radius 2 is 2.00 bits per heavy atom. The molecule has 0 spiro atoms. The molecule has 2 rings (SSSR count). The van der Waals surface area contributed by atoms with E-state index in [1.807, 2.05) is 4.90 Å². The zero-order valence-electron chi connectivity index (χ0n) is 11.7. The van der Waals surface area contributed by atoms with E-state index in [4.69, 9.17) is 5.11 Å². The van der Waals surface area contributed by atoms with Gasteiger partial charge in [0.15, 0.2) is 0 Å². The lowest BCUT2D eigenvalue weighted by atomic mass is 10.0. The first-order valence-electron chi connectivity index (χ1n) is 7.26. The van der Waals surface area contributed by atoms with Crippen molar-refractivity contribution >= 4 is 11.9 Å². The number of piperidine rings is 1. The molecular formula is C14H24N2O3. The molecular weight excluding hydrogens is 244 g/mol. The van der Waals surface area contributed by atoms with Gasteiger partial charge in [0.25, 0.3) is 0 Å². The minimum Gasteiger partial charge on any atom is -0.480 e. The molecule has 0 radical (unpaired) electrons. The average Bonchev–Trinajstić information content (AvgIpc) is 3.12. The lowest BCUT2D eigenvalue weighted by molar-refractivity contribution is -0.140. The summed E-state index contributed by atoms with van der Waals surface area (Å²) < 4.78 is 0. The van der Waals surface area contributed by atoms with Crippen LogP contribution in [-0.2, 0) is 9.59 Å². The first kappa shape index (κ1) is 14.3. The maximum atomic E-state index is 12.2. The summed E-state index contributed by atoms with van der Waals surface area (Å²) in [5.74, 6) is 0.412. The molecule has 2 fully saturated rings. The van der Waals surface area contributed by atoms with Gasteiger partial charge in [0.1, 0.15) is 0 Å². The van der Waals surface area contributed by atoms with Crippen LogP contribution in [0.5, 0.6) is 0 Å². The smallest absolute Gasteiger partial charge is 0.317 e. The Labute approximate surface area is 114 Å². The summed E-state index contributed by atoms with van der Waals surface area (Å²) >= 11 is 0. The van der Waals surface area contributed by atoms with Gasteiger partial charge >= 0.3 is 5.97 Å². The summed E-state index contributed by atoms with van der Waals surface area (Å²) in [5, 5.41) is 8.92. The van der Waals surface area contributed by atoms with E-state index >= 15 is 0 Å². The maximum Gasteiger partial charge on any atom is 0.317 e. The molecule has 0 aromatic rings. The molecule has 108 valence electrons. The number of likely N-dealkylation sites (tertiary alicyclic amines) is 1. The largest absolute Gasteiger partial charge is 0.480 e. The molecule has 1 saturated carbocycles. The van der Waals surface area contributed by atoms with Crippen molar-refractivity contribution in [1.82, 2.24) is 9.80 Å². The second-order valence-electron chi connectivity index (χ2n) is 6.09. The molecule has 2 aliphatic rings. The molecule has 19 heavy (non-hydrogen) atoms. The molecule has 1 atom stereocenters. The van der Waals surface area contributed by atoms with Crippen molar-refractivity contribution in [2.45, 2.75) is 32.6 Å². The Hall–Kier alpha value is -1.10. The van der Waals surface area contributed by atoms with Gasteiger partial charge < -0.3 is 10.0 Å². The molecule has 5 heteroatoms. The molecule has 5 nitrogen and oxygen atoms in total. The van der Waals surface area contributed by atoms with Crippen LogP contribution in [0.25, 0.3) is 0 Å². The minimum atomic E-state index is -0.847. The van der Waals surface area contributed by atoms with Crippen molar-refractivity contribution in [3.63, 3.8) is 0 Å². The van der Waals surface area contributed by atoms with Crippen LogP contribution in [0.3, 0.4) is 0 Å². The highest BCUT2D eigenvalue weighted by molar-refractivity contribution is 5.79. The van der Waals surface area contributed by atoms with Crippen molar-refractivity contribution in [2.75, 3.05) is 32.7 Å². The van der Waals surface area contributed by atoms with Gasteiger partial charge in [-0.15, -0.1) is 0 Å². The highest BCUT2D eigenvalue weighted by atomic mass is 16.4. The van der Waals surface area contributed by atoms with E-state index in [9.17, 15) is 9.59 Å². The van der Waals surface area contributed by atoms with Gasteiger partial charge in [-0.3, -0.25) is 14.5 Å². The topological polar surface area (TPSA) is 60.9 Å². The summed E-state index contributed by atoms with van der Waals surface area (Å²) in [6.45, 7) is 4.80. The van der Waals surface area contributed by atoms with Crippen LogP contribution in [-0.4, -0.2) is 59.5 Å². The first-order valence-corrected chi connectivity index (χ1v) is 7.26. The zero-order valence-corrected chi connectivity index (χ0v) is 11.7. The molecule has 1 saturated heterocycles. The number of carboxylic acids is 1. The number of hydrogen-bond acceptors (Lipinski definition) is 3. The molecule has 1 N–H and O–H groups in total. The van der Waals surface area contributed by atoms with Crippen LogP contribution in [0, 0.1) is 11.8 Å².